The van der Waals surface area contributed by atoms with Crippen molar-refractivity contribution in [3.63, 3.8) is 0 Å². The highest BCUT2D eigenvalue weighted by Gasteiger charge is 2.25. The Bertz CT molecular complexity index is 630. The second-order valence-corrected chi connectivity index (χ2v) is 5.77. The molecule has 1 heterocycles. The Labute approximate surface area is 129 Å². The monoisotopic (exact) mass is 303 g/mol. The number of benzene rings is 2. The van der Waals surface area contributed by atoms with Gasteiger partial charge in [0.15, 0.2) is 0 Å². The van der Waals surface area contributed by atoms with Crippen molar-refractivity contribution in [1.82, 2.24) is 5.01 Å². The van der Waals surface area contributed by atoms with E-state index >= 15 is 0 Å². The third-order valence-corrected chi connectivity index (χ3v) is 3.97. The number of nitrogen functional groups attached to an aromatic ring is 1. The SMILES string of the molecule is Nc1ccc(Oc2ccc(Cl)cc2C2CCN(N)C2)cc1. The molecule has 0 saturated carbocycles. The first-order valence-electron chi connectivity index (χ1n) is 6.94. The average Bonchev–Trinajstić information content (AvgIpc) is 2.90. The second-order valence-electron chi connectivity index (χ2n) is 5.33. The summed E-state index contributed by atoms with van der Waals surface area (Å²) in [5, 5.41) is 2.54. The topological polar surface area (TPSA) is 64.5 Å². The number of hydrogen-bond acceptors (Lipinski definition) is 4. The zero-order valence-electron chi connectivity index (χ0n) is 11.6. The normalized spacial score (nSPS) is 18.9. The van der Waals surface area contributed by atoms with Crippen LogP contribution >= 0.6 is 11.6 Å². The van der Waals surface area contributed by atoms with E-state index in [0.717, 1.165) is 36.6 Å². The van der Waals surface area contributed by atoms with Crippen LogP contribution in [0.4, 0.5) is 5.69 Å². The van der Waals surface area contributed by atoms with E-state index < -0.39 is 0 Å². The number of ether oxygens (including phenoxy) is 1. The van der Waals surface area contributed by atoms with Gasteiger partial charge >= 0.3 is 0 Å². The van der Waals surface area contributed by atoms with Crippen LogP contribution in [0.1, 0.15) is 17.9 Å². The Balaban J connectivity index is 1.89. The fourth-order valence-electron chi connectivity index (χ4n) is 2.64. The molecule has 1 aliphatic rings. The minimum Gasteiger partial charge on any atom is -0.457 e. The highest BCUT2D eigenvalue weighted by Crippen LogP contribution is 2.36. The highest BCUT2D eigenvalue weighted by atomic mass is 35.5. The number of hydrazine groups is 1. The summed E-state index contributed by atoms with van der Waals surface area (Å²) in [4.78, 5) is 0. The molecule has 2 aromatic rings. The van der Waals surface area contributed by atoms with Crippen LogP contribution in [0.25, 0.3) is 0 Å². The fraction of sp³-hybridized carbons (Fsp3) is 0.250. The molecule has 0 radical (unpaired) electrons. The van der Waals surface area contributed by atoms with Crippen molar-refractivity contribution in [3.05, 3.63) is 53.1 Å². The van der Waals surface area contributed by atoms with Gasteiger partial charge in [0.05, 0.1) is 0 Å². The molecule has 2 aromatic carbocycles. The van der Waals surface area contributed by atoms with E-state index in [9.17, 15) is 0 Å². The summed E-state index contributed by atoms with van der Waals surface area (Å²) in [7, 11) is 0. The Morgan fingerprint density at radius 2 is 1.90 bits per heavy atom. The molecular formula is C16H18ClN3O. The average molecular weight is 304 g/mol. The third-order valence-electron chi connectivity index (χ3n) is 3.74. The standard InChI is InChI=1S/C16H18ClN3O/c17-12-1-6-16(21-14-4-2-13(18)3-5-14)15(9-12)11-7-8-20(19)10-11/h1-6,9,11H,7-8,10,18-19H2. The number of anilines is 1. The summed E-state index contributed by atoms with van der Waals surface area (Å²) in [6.45, 7) is 1.71. The van der Waals surface area contributed by atoms with Crippen LogP contribution in [-0.2, 0) is 0 Å². The third kappa shape index (κ3) is 3.29. The Morgan fingerprint density at radius 3 is 2.57 bits per heavy atom. The van der Waals surface area contributed by atoms with E-state index in [2.05, 4.69) is 0 Å². The second kappa shape index (κ2) is 5.93. The van der Waals surface area contributed by atoms with Crippen molar-refractivity contribution in [2.45, 2.75) is 12.3 Å². The van der Waals surface area contributed by atoms with Crippen molar-refractivity contribution in [2.24, 2.45) is 5.84 Å². The largest absolute Gasteiger partial charge is 0.457 e. The minimum absolute atomic E-state index is 0.345. The van der Waals surface area contributed by atoms with Gasteiger partial charge in [-0.1, -0.05) is 11.6 Å². The summed E-state index contributed by atoms with van der Waals surface area (Å²) < 4.78 is 5.99. The van der Waals surface area contributed by atoms with Gasteiger partial charge in [0, 0.05) is 35.3 Å². The van der Waals surface area contributed by atoms with Gasteiger partial charge in [-0.15, -0.1) is 0 Å². The number of rotatable bonds is 3. The van der Waals surface area contributed by atoms with Crippen LogP contribution in [0.15, 0.2) is 42.5 Å². The first-order valence-corrected chi connectivity index (χ1v) is 7.32. The lowest BCUT2D eigenvalue weighted by atomic mass is 9.97. The van der Waals surface area contributed by atoms with E-state index in [4.69, 9.17) is 27.9 Å². The van der Waals surface area contributed by atoms with Crippen molar-refractivity contribution < 1.29 is 4.74 Å². The maximum Gasteiger partial charge on any atom is 0.131 e. The minimum atomic E-state index is 0.345. The predicted octanol–water partition coefficient (Wildman–Crippen LogP) is 3.38. The number of hydrogen-bond donors (Lipinski definition) is 2. The van der Waals surface area contributed by atoms with E-state index in [0.29, 0.717) is 16.6 Å². The molecule has 3 rings (SSSR count). The summed E-state index contributed by atoms with van der Waals surface area (Å²) in [5.74, 6) is 7.79. The molecule has 21 heavy (non-hydrogen) atoms. The summed E-state index contributed by atoms with van der Waals surface area (Å²) in [6.07, 6.45) is 1.01. The lowest BCUT2D eigenvalue weighted by molar-refractivity contribution is 0.349. The Kier molecular flexibility index (Phi) is 4.01. The molecule has 0 amide bonds. The van der Waals surface area contributed by atoms with Crippen molar-refractivity contribution in [1.29, 1.82) is 0 Å². The number of halogens is 1. The highest BCUT2D eigenvalue weighted by molar-refractivity contribution is 6.30. The molecule has 5 heteroatoms. The molecule has 0 aromatic heterocycles. The molecule has 4 nitrogen and oxygen atoms in total. The van der Waals surface area contributed by atoms with E-state index in [1.807, 2.05) is 47.5 Å². The zero-order valence-corrected chi connectivity index (χ0v) is 12.4. The van der Waals surface area contributed by atoms with Gasteiger partial charge < -0.3 is 10.5 Å². The van der Waals surface area contributed by atoms with Gasteiger partial charge in [-0.25, -0.2) is 5.01 Å². The molecular weight excluding hydrogens is 286 g/mol. The van der Waals surface area contributed by atoms with Crippen molar-refractivity contribution in [3.8, 4) is 11.5 Å². The van der Waals surface area contributed by atoms with Gasteiger partial charge in [0.2, 0.25) is 0 Å². The quantitative estimate of drug-likeness (QED) is 0.674. The van der Waals surface area contributed by atoms with Crippen LogP contribution in [0.2, 0.25) is 5.02 Å². The molecule has 1 atom stereocenters. The van der Waals surface area contributed by atoms with Crippen molar-refractivity contribution >= 4 is 17.3 Å². The lowest BCUT2D eigenvalue weighted by Crippen LogP contribution is -2.27. The Hall–Kier alpha value is -1.75. The first kappa shape index (κ1) is 14.2. The molecule has 110 valence electrons. The molecule has 4 N–H and O–H groups in total. The molecule has 0 bridgehead atoms. The molecule has 1 aliphatic heterocycles. The van der Waals surface area contributed by atoms with Gasteiger partial charge in [-0.3, -0.25) is 5.84 Å². The molecule has 1 fully saturated rings. The van der Waals surface area contributed by atoms with Gasteiger partial charge in [0.25, 0.3) is 0 Å². The van der Waals surface area contributed by atoms with Crippen LogP contribution in [0.3, 0.4) is 0 Å². The van der Waals surface area contributed by atoms with Crippen LogP contribution in [0, 0.1) is 0 Å². The summed E-state index contributed by atoms with van der Waals surface area (Å²) in [5.41, 5.74) is 7.51. The zero-order chi connectivity index (χ0) is 14.8. The van der Waals surface area contributed by atoms with Crippen LogP contribution < -0.4 is 16.3 Å². The maximum absolute atomic E-state index is 6.14. The number of nitrogens with two attached hydrogens (primary N) is 2. The Morgan fingerprint density at radius 1 is 1.14 bits per heavy atom. The van der Waals surface area contributed by atoms with Crippen LogP contribution in [0.5, 0.6) is 11.5 Å². The van der Waals surface area contributed by atoms with Gasteiger partial charge in [-0.2, -0.15) is 0 Å². The van der Waals surface area contributed by atoms with Crippen molar-refractivity contribution in [2.75, 3.05) is 18.8 Å². The van der Waals surface area contributed by atoms with Gasteiger partial charge in [-0.05, 0) is 48.9 Å². The lowest BCUT2D eigenvalue weighted by Gasteiger charge is -2.16. The smallest absolute Gasteiger partial charge is 0.131 e. The van der Waals surface area contributed by atoms with Crippen LogP contribution in [-0.4, -0.2) is 18.1 Å². The molecule has 1 saturated heterocycles. The maximum atomic E-state index is 6.14. The molecule has 0 aliphatic carbocycles. The van der Waals surface area contributed by atoms with E-state index in [-0.39, 0.29) is 0 Å². The number of nitrogens with zero attached hydrogens (tertiary/aromatic N) is 1. The summed E-state index contributed by atoms with van der Waals surface area (Å²) >= 11 is 6.14. The first-order chi connectivity index (χ1) is 10.1. The summed E-state index contributed by atoms with van der Waals surface area (Å²) in [6, 6.07) is 13.1. The molecule has 0 spiro atoms. The van der Waals surface area contributed by atoms with E-state index in [1.165, 1.54) is 0 Å². The van der Waals surface area contributed by atoms with E-state index in [1.54, 1.807) is 0 Å². The predicted molar refractivity (Wildman–Crippen MR) is 85.5 cm³/mol. The fourth-order valence-corrected chi connectivity index (χ4v) is 2.82. The van der Waals surface area contributed by atoms with Gasteiger partial charge in [0.1, 0.15) is 11.5 Å². The molecule has 1 unspecified atom stereocenters.